The number of carbonyl (C=O) groups excluding carboxylic acids is 2. The lowest BCUT2D eigenvalue weighted by Crippen LogP contribution is -2.33. The van der Waals surface area contributed by atoms with Crippen LogP contribution in [0.3, 0.4) is 0 Å². The van der Waals surface area contributed by atoms with Gasteiger partial charge in [-0.1, -0.05) is 6.07 Å². The van der Waals surface area contributed by atoms with Crippen LogP contribution in [0.4, 0.5) is 28.9 Å². The van der Waals surface area contributed by atoms with Crippen LogP contribution in [-0.2, 0) is 9.53 Å². The van der Waals surface area contributed by atoms with E-state index < -0.39 is 30.2 Å². The molecule has 0 aliphatic rings. The lowest BCUT2D eigenvalue weighted by molar-refractivity contribution is -0.253. The van der Waals surface area contributed by atoms with Crippen molar-refractivity contribution in [2.75, 3.05) is 25.2 Å². The third-order valence-electron chi connectivity index (χ3n) is 5.08. The fourth-order valence-electron chi connectivity index (χ4n) is 3.35. The Balaban J connectivity index is 1.85. The van der Waals surface area contributed by atoms with Gasteiger partial charge in [0.2, 0.25) is 0 Å². The van der Waals surface area contributed by atoms with Gasteiger partial charge in [-0.05, 0) is 78.7 Å². The number of hydrogen-bond donors (Lipinski definition) is 2. The monoisotopic (exact) mass is 548 g/mol. The normalized spacial score (nSPS) is 11.7. The second-order valence-corrected chi connectivity index (χ2v) is 7.96. The highest BCUT2D eigenvalue weighted by Crippen LogP contribution is 2.32. The molecule has 12 heteroatoms. The fraction of sp³-hybridized carbons (Fsp3) is 0.185. The number of methoxy groups -OCH3 is 1. The van der Waals surface area contributed by atoms with Crippen molar-refractivity contribution < 1.29 is 46.1 Å². The van der Waals surface area contributed by atoms with E-state index in [2.05, 4.69) is 4.74 Å². The minimum atomic E-state index is -4.68. The van der Waals surface area contributed by atoms with Crippen LogP contribution in [0.5, 0.6) is 17.2 Å². The summed E-state index contributed by atoms with van der Waals surface area (Å²) in [6.07, 6.45) is -7.18. The Hall–Kier alpha value is -4.74. The number of halogens is 4. The summed E-state index contributed by atoms with van der Waals surface area (Å²) in [4.78, 5) is 25.2. The molecule has 8 nitrogen and oxygen atoms in total. The molecule has 0 atom stereocenters. The van der Waals surface area contributed by atoms with Gasteiger partial charge in [0, 0.05) is 11.4 Å². The van der Waals surface area contributed by atoms with Gasteiger partial charge in [0.05, 0.1) is 24.9 Å². The molecule has 3 aromatic carbocycles. The molecule has 0 radical (unpaired) electrons. The summed E-state index contributed by atoms with van der Waals surface area (Å²) in [6.45, 7) is 1.79. The molecule has 0 amide bonds. The molecule has 0 bridgehead atoms. The van der Waals surface area contributed by atoms with E-state index >= 15 is 0 Å². The zero-order valence-electron chi connectivity index (χ0n) is 20.8. The Bertz CT molecular complexity index is 1360. The maximum Gasteiger partial charge on any atom is 0.461 e. The maximum absolute atomic E-state index is 13.1. The van der Waals surface area contributed by atoms with Gasteiger partial charge in [-0.25, -0.2) is 9.59 Å². The number of alkyl halides is 4. The van der Waals surface area contributed by atoms with Crippen molar-refractivity contribution in [1.29, 1.82) is 0 Å². The number of nitrogens with two attached hydrogens (primary N) is 2. The van der Waals surface area contributed by atoms with Crippen LogP contribution in [0, 0.1) is 0 Å². The molecule has 206 valence electrons. The first-order valence-corrected chi connectivity index (χ1v) is 11.3. The Labute approximate surface area is 220 Å². The molecule has 3 rings (SSSR count). The number of esters is 2. The van der Waals surface area contributed by atoms with Gasteiger partial charge < -0.3 is 30.4 Å². The van der Waals surface area contributed by atoms with Crippen molar-refractivity contribution in [2.24, 2.45) is 0 Å². The molecule has 0 aliphatic carbocycles. The van der Waals surface area contributed by atoms with Crippen molar-refractivity contribution in [3.63, 3.8) is 0 Å². The summed E-state index contributed by atoms with van der Waals surface area (Å²) in [7, 11) is 1.33. The Morgan fingerprint density at radius 2 is 1.56 bits per heavy atom. The van der Waals surface area contributed by atoms with Gasteiger partial charge in [0.1, 0.15) is 5.75 Å². The highest BCUT2D eigenvalue weighted by molar-refractivity contribution is 6.22. The number of ether oxygens (including phenoxy) is 4. The van der Waals surface area contributed by atoms with E-state index in [1.165, 1.54) is 31.4 Å². The summed E-state index contributed by atoms with van der Waals surface area (Å²) in [5, 5.41) is 0. The predicted octanol–water partition coefficient (Wildman–Crippen LogP) is 5.42. The standard InChI is InChI=1S/C27H24F4N2O6/c1-3-37-25(35)21(17-12-18(32)14-19(33)13-17)10-15-4-9-22(23(11-15)36-2)38-24(34)16-5-7-20(8-6-16)39-27(30,31)26(28)29/h4-14,26H,3,32-33H2,1-2H3. The summed E-state index contributed by atoms with van der Waals surface area (Å²) in [5.41, 5.74) is 13.5. The van der Waals surface area contributed by atoms with Crippen molar-refractivity contribution in [3.05, 3.63) is 77.4 Å². The molecule has 0 aliphatic heterocycles. The number of carbonyl (C=O) groups is 2. The van der Waals surface area contributed by atoms with E-state index in [4.69, 9.17) is 25.7 Å². The average molecular weight is 548 g/mol. The molecule has 3 aromatic rings. The van der Waals surface area contributed by atoms with E-state index in [0.29, 0.717) is 22.5 Å². The van der Waals surface area contributed by atoms with Crippen molar-refractivity contribution in [3.8, 4) is 17.2 Å². The van der Waals surface area contributed by atoms with Crippen LogP contribution in [0.1, 0.15) is 28.4 Å². The van der Waals surface area contributed by atoms with Gasteiger partial charge in [-0.3, -0.25) is 0 Å². The molecular weight excluding hydrogens is 524 g/mol. The highest BCUT2D eigenvalue weighted by Gasteiger charge is 2.44. The van der Waals surface area contributed by atoms with Crippen LogP contribution in [0.2, 0.25) is 0 Å². The first-order valence-electron chi connectivity index (χ1n) is 11.3. The minimum Gasteiger partial charge on any atom is -0.493 e. The van der Waals surface area contributed by atoms with Gasteiger partial charge in [-0.2, -0.15) is 17.6 Å². The van der Waals surface area contributed by atoms with Gasteiger partial charge >= 0.3 is 24.5 Å². The molecule has 0 spiro atoms. The molecule has 4 N–H and O–H groups in total. The number of benzene rings is 3. The summed E-state index contributed by atoms with van der Waals surface area (Å²) < 4.78 is 70.6. The van der Waals surface area contributed by atoms with E-state index in [1.807, 2.05) is 0 Å². The average Bonchev–Trinajstić information content (AvgIpc) is 2.87. The molecule has 0 fully saturated rings. The zero-order valence-corrected chi connectivity index (χ0v) is 20.8. The molecule has 39 heavy (non-hydrogen) atoms. The maximum atomic E-state index is 13.1. The van der Waals surface area contributed by atoms with E-state index in [0.717, 1.165) is 24.3 Å². The quantitative estimate of drug-likeness (QED) is 0.0860. The van der Waals surface area contributed by atoms with Gasteiger partial charge in [0.15, 0.2) is 11.5 Å². The van der Waals surface area contributed by atoms with Crippen molar-refractivity contribution in [1.82, 2.24) is 0 Å². The van der Waals surface area contributed by atoms with E-state index in [1.54, 1.807) is 25.1 Å². The van der Waals surface area contributed by atoms with Crippen LogP contribution < -0.4 is 25.7 Å². The zero-order chi connectivity index (χ0) is 28.7. The Morgan fingerprint density at radius 3 is 2.13 bits per heavy atom. The van der Waals surface area contributed by atoms with Crippen LogP contribution in [0.15, 0.2) is 60.7 Å². The summed E-state index contributed by atoms with van der Waals surface area (Å²) >= 11 is 0. The first-order chi connectivity index (χ1) is 18.4. The second-order valence-electron chi connectivity index (χ2n) is 7.96. The number of hydrogen-bond acceptors (Lipinski definition) is 8. The minimum absolute atomic E-state index is 0.00935. The molecule has 0 unspecified atom stereocenters. The van der Waals surface area contributed by atoms with Crippen LogP contribution >= 0.6 is 0 Å². The molecular formula is C27H24F4N2O6. The first kappa shape index (κ1) is 28.8. The SMILES string of the molecule is CCOC(=O)C(=Cc1ccc(OC(=O)c2ccc(OC(F)(F)C(F)F)cc2)c(OC)c1)c1cc(N)cc(N)c1. The van der Waals surface area contributed by atoms with Gasteiger partial charge in [-0.15, -0.1) is 0 Å². The van der Waals surface area contributed by atoms with Crippen LogP contribution in [-0.4, -0.2) is 38.2 Å². The van der Waals surface area contributed by atoms with Crippen molar-refractivity contribution in [2.45, 2.75) is 19.5 Å². The smallest absolute Gasteiger partial charge is 0.461 e. The Morgan fingerprint density at radius 1 is 0.923 bits per heavy atom. The predicted molar refractivity (Wildman–Crippen MR) is 136 cm³/mol. The summed E-state index contributed by atoms with van der Waals surface area (Å²) in [5.74, 6) is -1.93. The van der Waals surface area contributed by atoms with E-state index in [9.17, 15) is 27.2 Å². The molecule has 0 saturated carbocycles. The van der Waals surface area contributed by atoms with Crippen LogP contribution in [0.25, 0.3) is 11.6 Å². The third kappa shape index (κ3) is 7.40. The van der Waals surface area contributed by atoms with Gasteiger partial charge in [0.25, 0.3) is 0 Å². The lowest BCUT2D eigenvalue weighted by Gasteiger charge is -2.16. The second kappa shape index (κ2) is 12.2. The molecule has 0 aromatic heterocycles. The highest BCUT2D eigenvalue weighted by atomic mass is 19.3. The number of anilines is 2. The molecule has 0 heterocycles. The molecule has 0 saturated heterocycles. The lowest BCUT2D eigenvalue weighted by atomic mass is 10.0. The topological polar surface area (TPSA) is 123 Å². The van der Waals surface area contributed by atoms with E-state index in [-0.39, 0.29) is 29.2 Å². The Kier molecular flexibility index (Phi) is 9.02. The summed E-state index contributed by atoms with van der Waals surface area (Å²) in [6, 6.07) is 13.1. The number of rotatable bonds is 10. The van der Waals surface area contributed by atoms with Crippen molar-refractivity contribution >= 4 is 35.0 Å². The number of nitrogen functional groups attached to an aromatic ring is 2. The largest absolute Gasteiger partial charge is 0.493 e. The third-order valence-corrected chi connectivity index (χ3v) is 5.08. The fourth-order valence-corrected chi connectivity index (χ4v) is 3.35.